The number of aryl methyl sites for hydroxylation is 1. The molecule has 2 nitrogen and oxygen atoms in total. The number of hydrogen-bond acceptors (Lipinski definition) is 2. The summed E-state index contributed by atoms with van der Waals surface area (Å²) in [4.78, 5) is 0. The van der Waals surface area contributed by atoms with E-state index in [0.29, 0.717) is 10.8 Å². The van der Waals surface area contributed by atoms with Gasteiger partial charge in [0.2, 0.25) is 0 Å². The van der Waals surface area contributed by atoms with Crippen molar-refractivity contribution in [3.8, 4) is 0 Å². The minimum Gasteiger partial charge on any atom is -0.362 e. The predicted octanol–water partition coefficient (Wildman–Crippen LogP) is 4.74. The third-order valence-corrected chi connectivity index (χ3v) is 4.55. The van der Waals surface area contributed by atoms with Crippen LogP contribution < -0.4 is 10.6 Å². The Kier molecular flexibility index (Phi) is 7.36. The average molecular weight is 349 g/mol. The van der Waals surface area contributed by atoms with Crippen LogP contribution in [0.2, 0.25) is 0 Å². The Balaban J connectivity index is 1.57. The van der Waals surface area contributed by atoms with E-state index in [2.05, 4.69) is 41.8 Å². The Bertz CT molecular complexity index is 646. The van der Waals surface area contributed by atoms with Crippen LogP contribution in [0, 0.1) is 12.7 Å². The Hall–Kier alpha value is -1.59. The summed E-state index contributed by atoms with van der Waals surface area (Å²) in [7, 11) is 0. The van der Waals surface area contributed by atoms with Gasteiger partial charge in [-0.2, -0.15) is 11.8 Å². The largest absolute Gasteiger partial charge is 0.362 e. The number of thioether (sulfide) groups is 1. The van der Waals surface area contributed by atoms with Crippen molar-refractivity contribution in [1.82, 2.24) is 5.32 Å². The zero-order valence-corrected chi connectivity index (χ0v) is 14.8. The van der Waals surface area contributed by atoms with Crippen molar-refractivity contribution >= 4 is 34.8 Å². The molecule has 0 saturated heterocycles. The zero-order chi connectivity index (χ0) is 16.5. The van der Waals surface area contributed by atoms with Gasteiger partial charge in [-0.05, 0) is 55.1 Å². The molecule has 0 spiro atoms. The van der Waals surface area contributed by atoms with Crippen LogP contribution in [0.4, 0.5) is 10.1 Å². The number of anilines is 1. The molecule has 2 aromatic carbocycles. The lowest BCUT2D eigenvalue weighted by Crippen LogP contribution is -2.29. The fourth-order valence-corrected chi connectivity index (χ4v) is 3.24. The molecular weight excluding hydrogens is 327 g/mol. The van der Waals surface area contributed by atoms with Gasteiger partial charge >= 0.3 is 0 Å². The first-order valence-corrected chi connectivity index (χ1v) is 9.13. The Morgan fingerprint density at radius 3 is 2.78 bits per heavy atom. The van der Waals surface area contributed by atoms with Crippen LogP contribution in [0.15, 0.2) is 48.5 Å². The van der Waals surface area contributed by atoms with Gasteiger partial charge in [-0.1, -0.05) is 35.9 Å². The predicted molar refractivity (Wildman–Crippen MR) is 103 cm³/mol. The number of rotatable bonds is 7. The summed E-state index contributed by atoms with van der Waals surface area (Å²) in [5, 5.41) is 6.65. The molecule has 0 unspecified atom stereocenters. The van der Waals surface area contributed by atoms with E-state index in [-0.39, 0.29) is 5.82 Å². The monoisotopic (exact) mass is 348 g/mol. The first kappa shape index (κ1) is 17.8. The molecule has 5 heteroatoms. The molecule has 0 saturated carbocycles. The first-order chi connectivity index (χ1) is 11.1. The molecule has 0 aliphatic rings. The quantitative estimate of drug-likeness (QED) is 0.557. The second-order valence-electron chi connectivity index (χ2n) is 5.29. The second kappa shape index (κ2) is 9.53. The molecule has 0 bridgehead atoms. The van der Waals surface area contributed by atoms with Crippen LogP contribution in [0.1, 0.15) is 17.5 Å². The van der Waals surface area contributed by atoms with Crippen molar-refractivity contribution in [2.24, 2.45) is 0 Å². The molecule has 2 rings (SSSR count). The highest BCUT2D eigenvalue weighted by atomic mass is 32.2. The smallest absolute Gasteiger partial charge is 0.170 e. The Morgan fingerprint density at radius 1 is 1.17 bits per heavy atom. The topological polar surface area (TPSA) is 24.1 Å². The van der Waals surface area contributed by atoms with Crippen LogP contribution in [0.25, 0.3) is 0 Å². The maximum absolute atomic E-state index is 13.1. The van der Waals surface area contributed by atoms with Crippen molar-refractivity contribution < 1.29 is 4.39 Å². The molecule has 0 aromatic heterocycles. The van der Waals surface area contributed by atoms with Crippen molar-refractivity contribution in [2.75, 3.05) is 17.6 Å². The van der Waals surface area contributed by atoms with E-state index in [1.54, 1.807) is 12.1 Å². The van der Waals surface area contributed by atoms with Crippen LogP contribution in [0.5, 0.6) is 0 Å². The standard InChI is InChI=1S/C18H21FN2S2/c1-14-5-2-6-15(11-14)13-23-10-4-9-20-18(22)21-17-8-3-7-16(19)12-17/h2-3,5-8,11-12H,4,9-10,13H2,1H3,(H2,20,21,22). The summed E-state index contributed by atoms with van der Waals surface area (Å²) in [6.07, 6.45) is 1.03. The molecule has 0 fully saturated rings. The van der Waals surface area contributed by atoms with Crippen molar-refractivity contribution in [3.05, 3.63) is 65.5 Å². The number of hydrogen-bond donors (Lipinski definition) is 2. The minimum absolute atomic E-state index is 0.273. The van der Waals surface area contributed by atoms with Crippen molar-refractivity contribution in [1.29, 1.82) is 0 Å². The van der Waals surface area contributed by atoms with E-state index in [0.717, 1.165) is 24.5 Å². The summed E-state index contributed by atoms with van der Waals surface area (Å²) in [6.45, 7) is 2.92. The summed E-state index contributed by atoms with van der Waals surface area (Å²) >= 11 is 7.12. The van der Waals surface area contributed by atoms with Crippen LogP contribution in [-0.2, 0) is 5.75 Å². The molecule has 2 aromatic rings. The normalized spacial score (nSPS) is 10.3. The Morgan fingerprint density at radius 2 is 2.00 bits per heavy atom. The maximum atomic E-state index is 13.1. The van der Waals surface area contributed by atoms with Crippen LogP contribution in [0.3, 0.4) is 0 Å². The lowest BCUT2D eigenvalue weighted by molar-refractivity contribution is 0.628. The SMILES string of the molecule is Cc1cccc(CSCCCNC(=S)Nc2cccc(F)c2)c1. The highest BCUT2D eigenvalue weighted by Gasteiger charge is 1.99. The second-order valence-corrected chi connectivity index (χ2v) is 6.80. The molecule has 2 N–H and O–H groups in total. The number of nitrogens with one attached hydrogen (secondary N) is 2. The van der Waals surface area contributed by atoms with E-state index >= 15 is 0 Å². The lowest BCUT2D eigenvalue weighted by Gasteiger charge is -2.10. The molecule has 122 valence electrons. The molecule has 0 heterocycles. The van der Waals surface area contributed by atoms with E-state index in [4.69, 9.17) is 12.2 Å². The van der Waals surface area contributed by atoms with Gasteiger partial charge in [0.25, 0.3) is 0 Å². The van der Waals surface area contributed by atoms with Gasteiger partial charge in [-0.15, -0.1) is 0 Å². The third-order valence-electron chi connectivity index (χ3n) is 3.18. The summed E-state index contributed by atoms with van der Waals surface area (Å²) < 4.78 is 13.1. The summed E-state index contributed by atoms with van der Waals surface area (Å²) in [5.41, 5.74) is 3.33. The molecule has 0 aliphatic carbocycles. The third kappa shape index (κ3) is 7.01. The van der Waals surface area contributed by atoms with Gasteiger partial charge in [0, 0.05) is 18.0 Å². The van der Waals surface area contributed by atoms with Crippen LogP contribution >= 0.6 is 24.0 Å². The zero-order valence-electron chi connectivity index (χ0n) is 13.1. The highest BCUT2D eigenvalue weighted by Crippen LogP contribution is 2.14. The van der Waals surface area contributed by atoms with Gasteiger partial charge < -0.3 is 10.6 Å². The highest BCUT2D eigenvalue weighted by molar-refractivity contribution is 7.98. The van der Waals surface area contributed by atoms with Gasteiger partial charge in [0.05, 0.1) is 0 Å². The molecule has 0 radical (unpaired) electrons. The van der Waals surface area contributed by atoms with E-state index in [9.17, 15) is 4.39 Å². The fraction of sp³-hybridized carbons (Fsp3) is 0.278. The molecule has 0 aliphatic heterocycles. The van der Waals surface area contributed by atoms with E-state index in [1.165, 1.54) is 23.3 Å². The molecule has 0 atom stereocenters. The van der Waals surface area contributed by atoms with E-state index in [1.807, 2.05) is 11.8 Å². The lowest BCUT2D eigenvalue weighted by atomic mass is 10.2. The van der Waals surface area contributed by atoms with Gasteiger partial charge in [-0.25, -0.2) is 4.39 Å². The van der Waals surface area contributed by atoms with Gasteiger partial charge in [0.1, 0.15) is 5.82 Å². The van der Waals surface area contributed by atoms with Gasteiger partial charge in [-0.3, -0.25) is 0 Å². The summed E-state index contributed by atoms with van der Waals surface area (Å²) in [5.74, 6) is 1.84. The van der Waals surface area contributed by atoms with Crippen LogP contribution in [-0.4, -0.2) is 17.4 Å². The number of benzene rings is 2. The first-order valence-electron chi connectivity index (χ1n) is 7.57. The molecule has 23 heavy (non-hydrogen) atoms. The Labute approximate surface area is 146 Å². The maximum Gasteiger partial charge on any atom is 0.170 e. The van der Waals surface area contributed by atoms with E-state index < -0.39 is 0 Å². The average Bonchev–Trinajstić information content (AvgIpc) is 2.51. The minimum atomic E-state index is -0.273. The fourth-order valence-electron chi connectivity index (χ4n) is 2.11. The number of thiocarbonyl (C=S) groups is 1. The summed E-state index contributed by atoms with van der Waals surface area (Å²) in [6, 6.07) is 14.9. The van der Waals surface area contributed by atoms with Crippen molar-refractivity contribution in [2.45, 2.75) is 19.1 Å². The molecular formula is C18H21FN2S2. The van der Waals surface area contributed by atoms with Crippen molar-refractivity contribution in [3.63, 3.8) is 0 Å². The molecule has 0 amide bonds. The van der Waals surface area contributed by atoms with Gasteiger partial charge in [0.15, 0.2) is 5.11 Å². The number of halogens is 1.